The number of piperidine rings is 1. The van der Waals surface area contributed by atoms with Gasteiger partial charge in [-0.05, 0) is 93.2 Å². The van der Waals surface area contributed by atoms with Crippen molar-refractivity contribution in [2.24, 2.45) is 16.7 Å². The number of likely N-dealkylation sites (tertiary alicyclic amines) is 1. The minimum atomic E-state index is -3.28. The molecule has 0 radical (unpaired) electrons. The van der Waals surface area contributed by atoms with Crippen LogP contribution in [0.5, 0.6) is 0 Å². The molecule has 6 rings (SSSR count). The van der Waals surface area contributed by atoms with Crippen LogP contribution in [0.3, 0.4) is 0 Å². The third-order valence-corrected chi connectivity index (χ3v) is 12.2. The fourth-order valence-corrected chi connectivity index (χ4v) is 8.86. The van der Waals surface area contributed by atoms with Crippen LogP contribution >= 0.6 is 23.2 Å². The average Bonchev–Trinajstić information content (AvgIpc) is 3.76. The summed E-state index contributed by atoms with van der Waals surface area (Å²) < 4.78 is 27.8. The highest BCUT2D eigenvalue weighted by Crippen LogP contribution is 2.66. The van der Waals surface area contributed by atoms with Gasteiger partial charge in [-0.2, -0.15) is 0 Å². The van der Waals surface area contributed by atoms with Gasteiger partial charge in [-0.1, -0.05) is 47.5 Å². The van der Waals surface area contributed by atoms with Crippen LogP contribution in [0.25, 0.3) is 0 Å². The summed E-state index contributed by atoms with van der Waals surface area (Å²) in [5.41, 5.74) is -0.303. The number of carbonyl (C=O) groups is 2. The van der Waals surface area contributed by atoms with Gasteiger partial charge in [-0.3, -0.25) is 9.59 Å². The van der Waals surface area contributed by atoms with Gasteiger partial charge in [0.1, 0.15) is 0 Å². The van der Waals surface area contributed by atoms with E-state index in [2.05, 4.69) is 4.72 Å². The van der Waals surface area contributed by atoms with Crippen LogP contribution in [0.4, 0.5) is 0 Å². The van der Waals surface area contributed by atoms with Crippen molar-refractivity contribution in [2.45, 2.75) is 75.1 Å². The molecule has 2 unspecified atom stereocenters. The number of hydrogen-bond acceptors (Lipinski definition) is 4. The quantitative estimate of drug-likeness (QED) is 0.357. The van der Waals surface area contributed by atoms with Crippen LogP contribution in [0.1, 0.15) is 75.0 Å². The van der Waals surface area contributed by atoms with Gasteiger partial charge >= 0.3 is 5.97 Å². The number of amides is 1. The fraction of sp³-hybridized carbons (Fsp3) is 0.533. The van der Waals surface area contributed by atoms with Crippen molar-refractivity contribution in [3.63, 3.8) is 0 Å². The molecule has 1 aliphatic heterocycles. The smallest absolute Gasteiger partial charge is 0.310 e. The van der Waals surface area contributed by atoms with E-state index < -0.39 is 26.8 Å². The number of carbonyl (C=O) groups excluding carboxylic acids is 1. The maximum Gasteiger partial charge on any atom is 0.310 e. The minimum absolute atomic E-state index is 0.108. The van der Waals surface area contributed by atoms with Crippen LogP contribution in [-0.4, -0.2) is 48.1 Å². The number of halogens is 2. The molecule has 0 aromatic heterocycles. The first kappa shape index (κ1) is 28.0. The van der Waals surface area contributed by atoms with Gasteiger partial charge in [-0.15, -0.1) is 0 Å². The number of aliphatic carboxylic acids is 1. The average molecular weight is 606 g/mol. The number of nitrogens with one attached hydrogen (secondary N) is 1. The zero-order valence-electron chi connectivity index (χ0n) is 22.4. The number of hydrogen-bond donors (Lipinski definition) is 2. The van der Waals surface area contributed by atoms with E-state index in [1.165, 1.54) is 0 Å². The summed E-state index contributed by atoms with van der Waals surface area (Å²) in [6, 6.07) is 14.6. The van der Waals surface area contributed by atoms with Gasteiger partial charge in [0.25, 0.3) is 0 Å². The van der Waals surface area contributed by atoms with E-state index in [9.17, 15) is 23.1 Å². The van der Waals surface area contributed by atoms with Gasteiger partial charge in [-0.25, -0.2) is 13.1 Å². The summed E-state index contributed by atoms with van der Waals surface area (Å²) in [6.07, 6.45) is 4.13. The minimum Gasteiger partial charge on any atom is -0.481 e. The van der Waals surface area contributed by atoms with Crippen LogP contribution in [-0.2, 0) is 19.6 Å². The molecule has 0 spiro atoms. The molecule has 2 aromatic rings. The lowest BCUT2D eigenvalue weighted by Crippen LogP contribution is -2.57. The summed E-state index contributed by atoms with van der Waals surface area (Å²) in [6.45, 7) is 2.23. The second-order valence-corrected chi connectivity index (χ2v) is 15.2. The Labute approximate surface area is 245 Å². The lowest BCUT2D eigenvalue weighted by Gasteiger charge is -2.51. The van der Waals surface area contributed by atoms with Crippen molar-refractivity contribution >= 4 is 45.1 Å². The largest absolute Gasteiger partial charge is 0.481 e. The molecular weight excluding hydrogens is 571 g/mol. The molecule has 2 aromatic carbocycles. The number of nitrogens with zero attached hydrogens (tertiary/aromatic N) is 1. The van der Waals surface area contributed by atoms with E-state index >= 15 is 0 Å². The van der Waals surface area contributed by atoms with Crippen molar-refractivity contribution in [2.75, 3.05) is 6.54 Å². The third-order valence-electron chi connectivity index (χ3n) is 9.72. The van der Waals surface area contributed by atoms with Gasteiger partial charge < -0.3 is 10.0 Å². The second kappa shape index (κ2) is 10.0. The zero-order chi connectivity index (χ0) is 28.4. The summed E-state index contributed by atoms with van der Waals surface area (Å²) >= 11 is 12.7. The Morgan fingerprint density at radius 2 is 1.77 bits per heavy atom. The molecule has 4 aliphatic rings. The number of rotatable bonds is 10. The van der Waals surface area contributed by atoms with Crippen molar-refractivity contribution in [3.8, 4) is 0 Å². The molecule has 3 saturated carbocycles. The van der Waals surface area contributed by atoms with Crippen molar-refractivity contribution in [1.82, 2.24) is 9.62 Å². The van der Waals surface area contributed by atoms with Crippen molar-refractivity contribution < 1.29 is 23.1 Å². The summed E-state index contributed by atoms with van der Waals surface area (Å²) in [5, 5.41) is 11.2. The SMILES string of the molecule is C[C@@]1(C2(C(=O)O)CC2)C[C@H](c2cccc(Cl)c2)[C@@H](c2ccc(Cl)cc2)N(CCC2CC2NS(=O)(=O)C2CC2)C1=O. The topological polar surface area (TPSA) is 104 Å². The molecule has 40 heavy (non-hydrogen) atoms. The summed E-state index contributed by atoms with van der Waals surface area (Å²) in [5.74, 6) is -1.13. The number of sulfonamides is 1. The molecule has 214 valence electrons. The Morgan fingerprint density at radius 3 is 2.38 bits per heavy atom. The van der Waals surface area contributed by atoms with E-state index in [-0.39, 0.29) is 35.1 Å². The number of carboxylic acids is 1. The van der Waals surface area contributed by atoms with Crippen molar-refractivity contribution in [1.29, 1.82) is 0 Å². The van der Waals surface area contributed by atoms with Crippen LogP contribution in [0, 0.1) is 16.7 Å². The molecule has 1 saturated heterocycles. The van der Waals surface area contributed by atoms with Gasteiger partial charge in [0.15, 0.2) is 0 Å². The molecule has 7 nitrogen and oxygen atoms in total. The van der Waals surface area contributed by atoms with Crippen molar-refractivity contribution in [3.05, 3.63) is 69.7 Å². The van der Waals surface area contributed by atoms with Gasteiger partial charge in [0.05, 0.1) is 22.1 Å². The van der Waals surface area contributed by atoms with E-state index in [0.717, 1.165) is 17.5 Å². The third kappa shape index (κ3) is 4.95. The summed E-state index contributed by atoms with van der Waals surface area (Å²) in [7, 11) is -3.28. The lowest BCUT2D eigenvalue weighted by atomic mass is 9.61. The first-order chi connectivity index (χ1) is 18.9. The normalized spacial score (nSPS) is 31.2. The molecule has 0 bridgehead atoms. The molecule has 4 fully saturated rings. The second-order valence-electron chi connectivity index (χ2n) is 12.3. The maximum absolute atomic E-state index is 14.5. The monoisotopic (exact) mass is 604 g/mol. The van der Waals surface area contributed by atoms with Crippen LogP contribution < -0.4 is 4.72 Å². The zero-order valence-corrected chi connectivity index (χ0v) is 24.7. The van der Waals surface area contributed by atoms with E-state index in [1.54, 1.807) is 0 Å². The Morgan fingerprint density at radius 1 is 1.07 bits per heavy atom. The highest BCUT2D eigenvalue weighted by Gasteiger charge is 2.69. The highest BCUT2D eigenvalue weighted by atomic mass is 35.5. The lowest BCUT2D eigenvalue weighted by molar-refractivity contribution is -0.167. The maximum atomic E-state index is 14.5. The molecular formula is C30H34Cl2N2O5S. The van der Waals surface area contributed by atoms with Gasteiger partial charge in [0, 0.05) is 28.5 Å². The molecule has 1 heterocycles. The molecule has 3 aliphatic carbocycles. The standard InChI is InChI=1S/C30H34Cl2N2O5S/c1-29(30(12-13-30)28(36)37)17-24(19-3-2-4-22(32)15-19)26(18-5-7-21(31)8-6-18)34(27(29)35)14-11-20-16-25(20)33-40(38,39)23-9-10-23/h2-8,15,20,23-26,33H,9-14,16-17H2,1H3,(H,36,37)/t20?,24-,25?,26-,29-/m1/s1. The Balaban J connectivity index is 1.35. The highest BCUT2D eigenvalue weighted by molar-refractivity contribution is 7.90. The predicted octanol–water partition coefficient (Wildman–Crippen LogP) is 5.78. The summed E-state index contributed by atoms with van der Waals surface area (Å²) in [4.78, 5) is 28.9. The van der Waals surface area contributed by atoms with E-state index in [0.29, 0.717) is 55.1 Å². The van der Waals surface area contributed by atoms with Gasteiger partial charge in [0.2, 0.25) is 15.9 Å². The first-order valence-corrected chi connectivity index (χ1v) is 16.3. The van der Waals surface area contributed by atoms with Crippen LogP contribution in [0.2, 0.25) is 10.0 Å². The first-order valence-electron chi connectivity index (χ1n) is 14.0. The predicted molar refractivity (Wildman–Crippen MR) is 154 cm³/mol. The molecule has 10 heteroatoms. The molecule has 1 amide bonds. The van der Waals surface area contributed by atoms with E-state index in [4.69, 9.17) is 23.2 Å². The molecule has 5 atom stereocenters. The van der Waals surface area contributed by atoms with E-state index in [1.807, 2.05) is 60.4 Å². The molecule has 2 N–H and O–H groups in total. The van der Waals surface area contributed by atoms with Crippen LogP contribution in [0.15, 0.2) is 48.5 Å². The Hall–Kier alpha value is -2.13. The number of carboxylic acid groups (broad SMARTS) is 1. The Kier molecular flexibility index (Phi) is 7.00. The fourth-order valence-electron chi connectivity index (χ4n) is 6.88. The Bertz CT molecular complexity index is 1440. The number of benzene rings is 2.